The van der Waals surface area contributed by atoms with Crippen LogP contribution >= 0.6 is 0 Å². The average Bonchev–Trinajstić information content (AvgIpc) is 2.63. The van der Waals surface area contributed by atoms with Crippen LogP contribution < -0.4 is 0 Å². The smallest absolute Gasteiger partial charge is 0.197 e. The lowest BCUT2D eigenvalue weighted by molar-refractivity contribution is 0.397. The van der Waals surface area contributed by atoms with Gasteiger partial charge in [0.05, 0.1) is 0 Å². The van der Waals surface area contributed by atoms with Crippen LogP contribution in [-0.4, -0.2) is 10.2 Å². The number of phenolic OH excluding ortho intramolecular Hbond substituents is 2. The van der Waals surface area contributed by atoms with E-state index in [1.54, 1.807) is 0 Å². The number of rotatable bonds is 3. The highest BCUT2D eigenvalue weighted by Gasteiger charge is 2.36. The Bertz CT molecular complexity index is 906. The van der Waals surface area contributed by atoms with E-state index in [4.69, 9.17) is 0 Å². The van der Waals surface area contributed by atoms with Crippen molar-refractivity contribution in [2.75, 3.05) is 0 Å². The summed E-state index contributed by atoms with van der Waals surface area (Å²) in [5, 5.41) is 19.0. The van der Waals surface area contributed by atoms with Gasteiger partial charge in [0.2, 0.25) is 0 Å². The normalized spacial score (nSPS) is 11.6. The van der Waals surface area contributed by atoms with E-state index in [1.165, 1.54) is 55.5 Å². The zero-order valence-electron chi connectivity index (χ0n) is 13.6. The van der Waals surface area contributed by atoms with Crippen molar-refractivity contribution in [2.24, 2.45) is 0 Å². The molecule has 134 valence electrons. The number of halogens is 4. The predicted octanol–water partition coefficient (Wildman–Crippen LogP) is 5.01. The van der Waals surface area contributed by atoms with Gasteiger partial charge in [0.15, 0.2) is 23.3 Å². The van der Waals surface area contributed by atoms with Crippen molar-refractivity contribution in [3.8, 4) is 11.5 Å². The summed E-state index contributed by atoms with van der Waals surface area (Å²) in [6.45, 7) is 1.51. The number of hydrogen-bond acceptors (Lipinski definition) is 2. The molecule has 3 aromatic rings. The van der Waals surface area contributed by atoms with Gasteiger partial charge in [-0.3, -0.25) is 0 Å². The minimum atomic E-state index is -1.90. The SMILES string of the molecule is CC(c1ccc(O)cc1)(c1ccc(O)cc1)c1cc(F)c(F)c(F)c1F. The monoisotopic (exact) mass is 362 g/mol. The number of hydrogen-bond donors (Lipinski definition) is 2. The molecule has 6 heteroatoms. The molecule has 0 spiro atoms. The first-order valence-corrected chi connectivity index (χ1v) is 7.67. The van der Waals surface area contributed by atoms with E-state index in [-0.39, 0.29) is 11.5 Å². The molecule has 3 aromatic carbocycles. The van der Waals surface area contributed by atoms with E-state index in [0.29, 0.717) is 17.2 Å². The third-order valence-corrected chi connectivity index (χ3v) is 4.53. The summed E-state index contributed by atoms with van der Waals surface area (Å²) in [4.78, 5) is 0. The molecule has 0 aliphatic rings. The summed E-state index contributed by atoms with van der Waals surface area (Å²) in [6.07, 6.45) is 0. The van der Waals surface area contributed by atoms with Crippen molar-refractivity contribution in [1.29, 1.82) is 0 Å². The van der Waals surface area contributed by atoms with Crippen LogP contribution in [0.3, 0.4) is 0 Å². The molecule has 0 unspecified atom stereocenters. The molecule has 0 aliphatic heterocycles. The first-order chi connectivity index (χ1) is 12.2. The highest BCUT2D eigenvalue weighted by molar-refractivity contribution is 5.51. The highest BCUT2D eigenvalue weighted by Crippen LogP contribution is 2.42. The number of benzene rings is 3. The van der Waals surface area contributed by atoms with Crippen LogP contribution in [0.25, 0.3) is 0 Å². The van der Waals surface area contributed by atoms with Crippen molar-refractivity contribution < 1.29 is 27.8 Å². The van der Waals surface area contributed by atoms with Crippen LogP contribution in [0, 0.1) is 23.3 Å². The summed E-state index contributed by atoms with van der Waals surface area (Å²) in [7, 11) is 0. The summed E-state index contributed by atoms with van der Waals surface area (Å²) in [5.74, 6) is -6.89. The largest absolute Gasteiger partial charge is 0.508 e. The van der Waals surface area contributed by atoms with Gasteiger partial charge >= 0.3 is 0 Å². The Morgan fingerprint density at radius 3 is 1.50 bits per heavy atom. The quantitative estimate of drug-likeness (QED) is 0.298. The molecule has 0 amide bonds. The van der Waals surface area contributed by atoms with Crippen LogP contribution in [0.1, 0.15) is 23.6 Å². The van der Waals surface area contributed by atoms with Gasteiger partial charge < -0.3 is 10.2 Å². The topological polar surface area (TPSA) is 40.5 Å². The van der Waals surface area contributed by atoms with E-state index >= 15 is 0 Å². The molecule has 0 radical (unpaired) electrons. The molecule has 0 saturated carbocycles. The van der Waals surface area contributed by atoms with Gasteiger partial charge in [-0.15, -0.1) is 0 Å². The lowest BCUT2D eigenvalue weighted by Crippen LogP contribution is -2.28. The van der Waals surface area contributed by atoms with Crippen molar-refractivity contribution in [2.45, 2.75) is 12.3 Å². The lowest BCUT2D eigenvalue weighted by atomic mass is 9.70. The molecule has 3 rings (SSSR count). The summed E-state index contributed by atoms with van der Waals surface area (Å²) in [5.41, 5.74) is -1.01. The second-order valence-electron chi connectivity index (χ2n) is 6.07. The van der Waals surface area contributed by atoms with Gasteiger partial charge in [-0.25, -0.2) is 17.6 Å². The second kappa shape index (κ2) is 6.37. The van der Waals surface area contributed by atoms with E-state index < -0.39 is 34.2 Å². The maximum atomic E-state index is 14.6. The maximum absolute atomic E-state index is 14.6. The Kier molecular flexibility index (Phi) is 4.36. The Hall–Kier alpha value is -3.02. The predicted molar refractivity (Wildman–Crippen MR) is 88.0 cm³/mol. The Balaban J connectivity index is 2.35. The van der Waals surface area contributed by atoms with Crippen molar-refractivity contribution in [3.05, 3.63) is 94.6 Å². The molecule has 26 heavy (non-hydrogen) atoms. The molecular weight excluding hydrogens is 348 g/mol. The van der Waals surface area contributed by atoms with Crippen LogP contribution in [0.15, 0.2) is 54.6 Å². The Morgan fingerprint density at radius 2 is 1.08 bits per heavy atom. The zero-order valence-corrected chi connectivity index (χ0v) is 13.6. The van der Waals surface area contributed by atoms with Gasteiger partial charge in [0.25, 0.3) is 0 Å². The molecular formula is C20H14F4O2. The molecule has 2 N–H and O–H groups in total. The summed E-state index contributed by atoms with van der Waals surface area (Å²) >= 11 is 0. The van der Waals surface area contributed by atoms with Crippen molar-refractivity contribution in [1.82, 2.24) is 0 Å². The van der Waals surface area contributed by atoms with Crippen LogP contribution in [-0.2, 0) is 5.41 Å². The fraction of sp³-hybridized carbons (Fsp3) is 0.100. The van der Waals surface area contributed by atoms with Crippen molar-refractivity contribution >= 4 is 0 Å². The fourth-order valence-corrected chi connectivity index (χ4v) is 3.00. The minimum absolute atomic E-state index is 0.0428. The third-order valence-electron chi connectivity index (χ3n) is 4.53. The van der Waals surface area contributed by atoms with E-state index in [1.807, 2.05) is 0 Å². The maximum Gasteiger partial charge on any atom is 0.197 e. The molecule has 2 nitrogen and oxygen atoms in total. The lowest BCUT2D eigenvalue weighted by Gasteiger charge is -2.32. The first-order valence-electron chi connectivity index (χ1n) is 7.67. The molecule has 0 fully saturated rings. The molecule has 0 atom stereocenters. The van der Waals surface area contributed by atoms with Gasteiger partial charge in [0.1, 0.15) is 11.5 Å². The molecule has 0 heterocycles. The summed E-state index contributed by atoms with van der Waals surface area (Å²) in [6, 6.07) is 11.9. The van der Waals surface area contributed by atoms with E-state index in [2.05, 4.69) is 0 Å². The first kappa shape index (κ1) is 17.8. The Labute approximate surface area is 147 Å². The minimum Gasteiger partial charge on any atom is -0.508 e. The molecule has 0 bridgehead atoms. The van der Waals surface area contributed by atoms with Crippen LogP contribution in [0.4, 0.5) is 17.6 Å². The van der Waals surface area contributed by atoms with Gasteiger partial charge in [-0.1, -0.05) is 24.3 Å². The van der Waals surface area contributed by atoms with Crippen molar-refractivity contribution in [3.63, 3.8) is 0 Å². The van der Waals surface area contributed by atoms with Crippen LogP contribution in [0.5, 0.6) is 11.5 Å². The standard InChI is InChI=1S/C20H14F4O2/c1-20(11-2-6-13(25)7-3-11,12-4-8-14(26)9-5-12)15-10-16(21)18(23)19(24)17(15)22/h2-10,25-26H,1H3. The van der Waals surface area contributed by atoms with E-state index in [9.17, 15) is 27.8 Å². The Morgan fingerprint density at radius 1 is 0.654 bits per heavy atom. The third kappa shape index (κ3) is 2.77. The van der Waals surface area contributed by atoms with Gasteiger partial charge in [-0.2, -0.15) is 0 Å². The second-order valence-corrected chi connectivity index (χ2v) is 6.07. The summed E-state index contributed by atoms with van der Waals surface area (Å²) < 4.78 is 55.7. The molecule has 0 aliphatic carbocycles. The van der Waals surface area contributed by atoms with Gasteiger partial charge in [0, 0.05) is 11.0 Å². The molecule has 0 saturated heterocycles. The highest BCUT2D eigenvalue weighted by atomic mass is 19.2. The van der Waals surface area contributed by atoms with Crippen LogP contribution in [0.2, 0.25) is 0 Å². The molecule has 0 aromatic heterocycles. The zero-order chi connectivity index (χ0) is 19.1. The van der Waals surface area contributed by atoms with Gasteiger partial charge in [-0.05, 0) is 48.4 Å². The number of aromatic hydroxyl groups is 2. The van der Waals surface area contributed by atoms with E-state index in [0.717, 1.165) is 0 Å². The number of phenols is 2. The fourth-order valence-electron chi connectivity index (χ4n) is 3.00. The average molecular weight is 362 g/mol.